The number of halogens is 3. The van der Waals surface area contributed by atoms with Crippen molar-refractivity contribution in [1.29, 1.82) is 0 Å². The second kappa shape index (κ2) is 3.43. The van der Waals surface area contributed by atoms with Crippen LogP contribution in [0.1, 0.15) is 33.6 Å². The van der Waals surface area contributed by atoms with Gasteiger partial charge in [-0.1, -0.05) is 13.8 Å². The largest absolute Gasteiger partial charge is 0.358 e. The lowest BCUT2D eigenvalue weighted by molar-refractivity contribution is -0.327. The van der Waals surface area contributed by atoms with E-state index < -0.39 is 18.4 Å². The highest BCUT2D eigenvalue weighted by molar-refractivity contribution is 4.61. The van der Waals surface area contributed by atoms with Crippen LogP contribution in [0.4, 0.5) is 13.2 Å². The van der Waals surface area contributed by atoms with Gasteiger partial charge in [0.25, 0.3) is 0 Å². The Morgan fingerprint density at radius 2 is 1.55 bits per heavy atom. The highest BCUT2D eigenvalue weighted by Crippen LogP contribution is 2.29. The van der Waals surface area contributed by atoms with Crippen molar-refractivity contribution in [2.24, 2.45) is 0 Å². The predicted molar refractivity (Wildman–Crippen MR) is 36.1 cm³/mol. The standard InChI is InChI=1S/C7H13F3O/c1-4-6(3,8)11-7(9,10)5-2/h4-5H2,1-3H3. The molecule has 0 saturated carbocycles. The predicted octanol–water partition coefficient (Wildman–Crippen LogP) is 3.10. The molecule has 0 amide bonds. The summed E-state index contributed by atoms with van der Waals surface area (Å²) in [7, 11) is 0. The van der Waals surface area contributed by atoms with Gasteiger partial charge in [-0.3, -0.25) is 4.74 Å². The molecule has 0 aliphatic rings. The van der Waals surface area contributed by atoms with Gasteiger partial charge in [0.05, 0.1) is 0 Å². The minimum atomic E-state index is -3.35. The first-order valence-electron chi connectivity index (χ1n) is 3.60. The van der Waals surface area contributed by atoms with Crippen LogP contribution in [0.15, 0.2) is 0 Å². The Kier molecular flexibility index (Phi) is 3.35. The molecule has 1 unspecified atom stereocenters. The third-order valence-electron chi connectivity index (χ3n) is 1.41. The van der Waals surface area contributed by atoms with E-state index in [4.69, 9.17) is 0 Å². The molecule has 0 rings (SSSR count). The van der Waals surface area contributed by atoms with E-state index in [9.17, 15) is 13.2 Å². The fourth-order valence-electron chi connectivity index (χ4n) is 0.456. The molecule has 0 radical (unpaired) electrons. The molecule has 0 aliphatic heterocycles. The summed E-state index contributed by atoms with van der Waals surface area (Å²) >= 11 is 0. The van der Waals surface area contributed by atoms with Gasteiger partial charge >= 0.3 is 6.11 Å². The van der Waals surface area contributed by atoms with Gasteiger partial charge in [0.2, 0.25) is 5.85 Å². The van der Waals surface area contributed by atoms with E-state index in [1.165, 1.54) is 13.8 Å². The molecular weight excluding hydrogens is 157 g/mol. The molecule has 68 valence electrons. The molecule has 0 aromatic carbocycles. The molecule has 0 bridgehead atoms. The van der Waals surface area contributed by atoms with Gasteiger partial charge in [-0.15, -0.1) is 0 Å². The first-order valence-corrected chi connectivity index (χ1v) is 3.60. The van der Waals surface area contributed by atoms with Crippen LogP contribution < -0.4 is 0 Å². The van der Waals surface area contributed by atoms with Crippen LogP contribution in [-0.2, 0) is 4.74 Å². The van der Waals surface area contributed by atoms with Crippen molar-refractivity contribution in [1.82, 2.24) is 0 Å². The molecule has 1 nitrogen and oxygen atoms in total. The normalized spacial score (nSPS) is 18.0. The SMILES string of the molecule is CCC(C)(F)OC(F)(F)CC. The summed E-state index contributed by atoms with van der Waals surface area (Å²) in [5.74, 6) is -2.22. The van der Waals surface area contributed by atoms with Crippen LogP contribution in [0.25, 0.3) is 0 Å². The van der Waals surface area contributed by atoms with Crippen LogP contribution in [0, 0.1) is 0 Å². The number of ether oxygens (including phenoxy) is 1. The van der Waals surface area contributed by atoms with Crippen LogP contribution in [0.3, 0.4) is 0 Å². The molecule has 1 atom stereocenters. The summed E-state index contributed by atoms with van der Waals surface area (Å²) in [5, 5.41) is 0. The van der Waals surface area contributed by atoms with Crippen LogP contribution in [0.5, 0.6) is 0 Å². The second-order valence-electron chi connectivity index (χ2n) is 2.55. The Labute approximate surface area is 64.5 Å². The average molecular weight is 170 g/mol. The van der Waals surface area contributed by atoms with E-state index in [-0.39, 0.29) is 6.42 Å². The molecule has 4 heteroatoms. The molecule has 0 fully saturated rings. The summed E-state index contributed by atoms with van der Waals surface area (Å²) in [6.45, 7) is 3.69. The van der Waals surface area contributed by atoms with Gasteiger partial charge in [0.15, 0.2) is 0 Å². The Hall–Kier alpha value is -0.250. The molecule has 0 aromatic heterocycles. The van der Waals surface area contributed by atoms with E-state index in [2.05, 4.69) is 4.74 Å². The lowest BCUT2D eigenvalue weighted by Crippen LogP contribution is -2.32. The summed E-state index contributed by atoms with van der Waals surface area (Å²) in [4.78, 5) is 0. The van der Waals surface area contributed by atoms with Gasteiger partial charge in [0.1, 0.15) is 0 Å². The molecular formula is C7H13F3O. The molecule has 0 aromatic rings. The van der Waals surface area contributed by atoms with Gasteiger partial charge < -0.3 is 0 Å². The molecule has 11 heavy (non-hydrogen) atoms. The van der Waals surface area contributed by atoms with Crippen molar-refractivity contribution in [3.63, 3.8) is 0 Å². The molecule has 0 heterocycles. The van der Waals surface area contributed by atoms with Crippen molar-refractivity contribution in [3.8, 4) is 0 Å². The van der Waals surface area contributed by atoms with E-state index >= 15 is 0 Å². The third-order valence-corrected chi connectivity index (χ3v) is 1.41. The highest BCUT2D eigenvalue weighted by atomic mass is 19.3. The number of alkyl halides is 3. The fourth-order valence-corrected chi connectivity index (χ4v) is 0.456. The highest BCUT2D eigenvalue weighted by Gasteiger charge is 2.37. The third kappa shape index (κ3) is 4.24. The van der Waals surface area contributed by atoms with Gasteiger partial charge in [0, 0.05) is 12.8 Å². The molecule has 0 saturated heterocycles. The summed E-state index contributed by atoms with van der Waals surface area (Å²) in [6.07, 6.45) is -3.94. The van der Waals surface area contributed by atoms with E-state index in [1.54, 1.807) is 0 Å². The summed E-state index contributed by atoms with van der Waals surface area (Å²) in [5.41, 5.74) is 0. The first kappa shape index (κ1) is 10.8. The van der Waals surface area contributed by atoms with Crippen molar-refractivity contribution < 1.29 is 17.9 Å². The van der Waals surface area contributed by atoms with Crippen LogP contribution in [-0.4, -0.2) is 12.0 Å². The lowest BCUT2D eigenvalue weighted by atomic mass is 10.3. The maximum absolute atomic E-state index is 12.8. The van der Waals surface area contributed by atoms with Gasteiger partial charge in [-0.2, -0.15) is 8.78 Å². The number of hydrogen-bond donors (Lipinski definition) is 0. The maximum Gasteiger partial charge on any atom is 0.358 e. The summed E-state index contributed by atoms with van der Waals surface area (Å²) < 4.78 is 41.5. The Morgan fingerprint density at radius 3 is 1.82 bits per heavy atom. The summed E-state index contributed by atoms with van der Waals surface area (Å²) in [6, 6.07) is 0. The molecule has 0 spiro atoms. The maximum atomic E-state index is 12.8. The van der Waals surface area contributed by atoms with Crippen LogP contribution >= 0.6 is 0 Å². The lowest BCUT2D eigenvalue weighted by Gasteiger charge is -2.24. The second-order valence-corrected chi connectivity index (χ2v) is 2.55. The van der Waals surface area contributed by atoms with Crippen molar-refractivity contribution in [3.05, 3.63) is 0 Å². The van der Waals surface area contributed by atoms with E-state index in [0.29, 0.717) is 0 Å². The van der Waals surface area contributed by atoms with Crippen molar-refractivity contribution in [2.75, 3.05) is 0 Å². The van der Waals surface area contributed by atoms with Crippen molar-refractivity contribution in [2.45, 2.75) is 45.6 Å². The zero-order valence-electron chi connectivity index (χ0n) is 6.96. The fraction of sp³-hybridized carbons (Fsp3) is 1.00. The van der Waals surface area contributed by atoms with Gasteiger partial charge in [-0.05, 0) is 6.92 Å². The minimum absolute atomic E-state index is 0.0808. The molecule has 0 N–H and O–H groups in total. The van der Waals surface area contributed by atoms with Gasteiger partial charge in [-0.25, -0.2) is 4.39 Å². The van der Waals surface area contributed by atoms with E-state index in [1.807, 2.05) is 0 Å². The average Bonchev–Trinajstić information content (AvgIpc) is 1.86. The Balaban J connectivity index is 4.02. The minimum Gasteiger partial charge on any atom is -0.283 e. The zero-order valence-corrected chi connectivity index (χ0v) is 6.96. The zero-order chi connectivity index (χ0) is 9.12. The quantitative estimate of drug-likeness (QED) is 0.629. The van der Waals surface area contributed by atoms with E-state index in [0.717, 1.165) is 6.92 Å². The number of rotatable bonds is 4. The van der Waals surface area contributed by atoms with Crippen LogP contribution in [0.2, 0.25) is 0 Å². The topological polar surface area (TPSA) is 9.23 Å². The van der Waals surface area contributed by atoms with Crippen molar-refractivity contribution >= 4 is 0 Å². The Morgan fingerprint density at radius 1 is 1.09 bits per heavy atom. The smallest absolute Gasteiger partial charge is 0.283 e. The Bertz CT molecular complexity index is 109. The monoisotopic (exact) mass is 170 g/mol. The number of hydrogen-bond acceptors (Lipinski definition) is 1. The first-order chi connectivity index (χ1) is 4.83. The molecule has 0 aliphatic carbocycles.